The molecule has 0 bridgehead atoms. The molecule has 8 heteroatoms. The van der Waals surface area contributed by atoms with Gasteiger partial charge >= 0.3 is 12.0 Å². The van der Waals surface area contributed by atoms with E-state index in [1.165, 1.54) is 0 Å². The lowest BCUT2D eigenvalue weighted by molar-refractivity contribution is -0.139. The topological polar surface area (TPSA) is 116 Å². The number of carbonyl (C=O) groups is 3. The van der Waals surface area contributed by atoms with Crippen LogP contribution in [0.4, 0.5) is 4.79 Å². The fraction of sp³-hybridized carbons (Fsp3) is 0.750. The van der Waals surface area contributed by atoms with Crippen LogP contribution in [0.3, 0.4) is 0 Å². The Labute approximate surface area is 117 Å². The summed E-state index contributed by atoms with van der Waals surface area (Å²) in [6, 6.07) is -1.28. The number of hydrogen-bond donors (Lipinski definition) is 3. The summed E-state index contributed by atoms with van der Waals surface area (Å²) in [5.74, 6) is -1.75. The molecule has 0 aromatic heterocycles. The summed E-state index contributed by atoms with van der Waals surface area (Å²) in [6.45, 7) is 3.84. The molecular weight excluding hydrogens is 264 g/mol. The van der Waals surface area contributed by atoms with Gasteiger partial charge in [0, 0.05) is 32.1 Å². The van der Waals surface area contributed by atoms with E-state index in [1.807, 2.05) is 14.0 Å². The number of urea groups is 1. The number of rotatable bonds is 5. The molecule has 1 rings (SSSR count). The lowest BCUT2D eigenvalue weighted by Gasteiger charge is -2.38. The van der Waals surface area contributed by atoms with E-state index in [0.717, 1.165) is 6.54 Å². The zero-order valence-corrected chi connectivity index (χ0v) is 11.8. The van der Waals surface area contributed by atoms with Crippen molar-refractivity contribution in [3.05, 3.63) is 0 Å². The number of nitrogens with zero attached hydrogens (tertiary/aromatic N) is 2. The number of piperazine rings is 1. The van der Waals surface area contributed by atoms with E-state index in [9.17, 15) is 14.4 Å². The third kappa shape index (κ3) is 4.69. The van der Waals surface area contributed by atoms with Gasteiger partial charge in [-0.1, -0.05) is 0 Å². The molecule has 1 fully saturated rings. The average molecular weight is 286 g/mol. The second-order valence-electron chi connectivity index (χ2n) is 5.12. The van der Waals surface area contributed by atoms with Crippen molar-refractivity contribution in [1.82, 2.24) is 15.1 Å². The lowest BCUT2D eigenvalue weighted by Crippen LogP contribution is -2.56. The molecule has 4 N–H and O–H groups in total. The van der Waals surface area contributed by atoms with E-state index in [-0.39, 0.29) is 18.9 Å². The molecule has 1 heterocycles. The normalized spacial score (nSPS) is 21.3. The van der Waals surface area contributed by atoms with Gasteiger partial charge in [-0.25, -0.2) is 9.59 Å². The Bertz CT molecular complexity index is 388. The second kappa shape index (κ2) is 7.09. The monoisotopic (exact) mass is 286 g/mol. The number of nitrogens with one attached hydrogen (secondary N) is 1. The van der Waals surface area contributed by atoms with Gasteiger partial charge in [0.25, 0.3) is 0 Å². The molecule has 8 nitrogen and oxygen atoms in total. The van der Waals surface area contributed by atoms with E-state index in [1.54, 1.807) is 4.90 Å². The van der Waals surface area contributed by atoms with Crippen molar-refractivity contribution in [2.45, 2.75) is 31.8 Å². The Hall–Kier alpha value is -1.83. The Morgan fingerprint density at radius 2 is 2.05 bits per heavy atom. The third-order valence-corrected chi connectivity index (χ3v) is 3.52. The molecule has 3 amide bonds. The van der Waals surface area contributed by atoms with Crippen LogP contribution in [0.1, 0.15) is 19.8 Å². The average Bonchev–Trinajstić information content (AvgIpc) is 2.36. The zero-order valence-electron chi connectivity index (χ0n) is 11.8. The van der Waals surface area contributed by atoms with Crippen molar-refractivity contribution in [1.29, 1.82) is 0 Å². The van der Waals surface area contributed by atoms with Crippen molar-refractivity contribution >= 4 is 17.9 Å². The largest absolute Gasteiger partial charge is 0.480 e. The molecule has 1 saturated heterocycles. The maximum atomic E-state index is 12.0. The summed E-state index contributed by atoms with van der Waals surface area (Å²) in [5.41, 5.74) is 4.99. The predicted octanol–water partition coefficient (Wildman–Crippen LogP) is -0.949. The molecule has 0 aliphatic carbocycles. The van der Waals surface area contributed by atoms with Crippen LogP contribution in [-0.4, -0.2) is 71.6 Å². The van der Waals surface area contributed by atoms with E-state index in [2.05, 4.69) is 10.2 Å². The molecule has 0 aromatic carbocycles. The zero-order chi connectivity index (χ0) is 15.3. The van der Waals surface area contributed by atoms with Gasteiger partial charge in [0.15, 0.2) is 0 Å². The standard InChI is InChI=1S/C12H22N4O4/c1-8-7-16(6-5-15(8)2)12(20)14-9(11(18)19)3-4-10(13)17/h8-9H,3-7H2,1-2H3,(H2,13,17)(H,14,20)(H,18,19)/t8?,9-/m0/s1. The smallest absolute Gasteiger partial charge is 0.326 e. The molecule has 0 spiro atoms. The number of amides is 3. The summed E-state index contributed by atoms with van der Waals surface area (Å²) in [7, 11) is 1.98. The van der Waals surface area contributed by atoms with Crippen LogP contribution >= 0.6 is 0 Å². The molecule has 20 heavy (non-hydrogen) atoms. The van der Waals surface area contributed by atoms with Crippen LogP contribution in [0, 0.1) is 0 Å². The summed E-state index contributed by atoms with van der Waals surface area (Å²) >= 11 is 0. The van der Waals surface area contributed by atoms with E-state index in [0.29, 0.717) is 13.1 Å². The van der Waals surface area contributed by atoms with Gasteiger partial charge in [0.05, 0.1) is 0 Å². The first-order chi connectivity index (χ1) is 9.31. The minimum atomic E-state index is -1.17. The molecule has 0 saturated carbocycles. The highest BCUT2D eigenvalue weighted by molar-refractivity contribution is 5.83. The van der Waals surface area contributed by atoms with Gasteiger partial charge in [-0.2, -0.15) is 0 Å². The van der Waals surface area contributed by atoms with Gasteiger partial charge < -0.3 is 26.0 Å². The Morgan fingerprint density at radius 3 is 2.55 bits per heavy atom. The number of likely N-dealkylation sites (N-methyl/N-ethyl adjacent to an activating group) is 1. The van der Waals surface area contributed by atoms with Crippen LogP contribution in [0.15, 0.2) is 0 Å². The van der Waals surface area contributed by atoms with Crippen molar-refractivity contribution in [2.75, 3.05) is 26.7 Å². The Balaban J connectivity index is 2.53. The van der Waals surface area contributed by atoms with Gasteiger partial charge in [0.2, 0.25) is 5.91 Å². The molecular formula is C12H22N4O4. The minimum absolute atomic E-state index is 0.000295. The summed E-state index contributed by atoms with van der Waals surface area (Å²) in [4.78, 5) is 37.5. The minimum Gasteiger partial charge on any atom is -0.480 e. The number of carboxylic acid groups (broad SMARTS) is 1. The number of primary amides is 1. The van der Waals surface area contributed by atoms with Gasteiger partial charge in [-0.15, -0.1) is 0 Å². The fourth-order valence-electron chi connectivity index (χ4n) is 2.02. The van der Waals surface area contributed by atoms with Gasteiger partial charge in [0.1, 0.15) is 6.04 Å². The quantitative estimate of drug-likeness (QED) is 0.602. The van der Waals surface area contributed by atoms with Crippen molar-refractivity contribution < 1.29 is 19.5 Å². The van der Waals surface area contributed by atoms with Crippen LogP contribution in [0.25, 0.3) is 0 Å². The van der Waals surface area contributed by atoms with Crippen LogP contribution in [0.5, 0.6) is 0 Å². The maximum Gasteiger partial charge on any atom is 0.326 e. The SMILES string of the molecule is CC1CN(C(=O)N[C@@H](CCC(N)=O)C(=O)O)CCN1C. The maximum absolute atomic E-state index is 12.0. The molecule has 1 aliphatic rings. The highest BCUT2D eigenvalue weighted by Crippen LogP contribution is 2.08. The van der Waals surface area contributed by atoms with Gasteiger partial charge in [-0.05, 0) is 20.4 Å². The highest BCUT2D eigenvalue weighted by atomic mass is 16.4. The van der Waals surface area contributed by atoms with Crippen LogP contribution < -0.4 is 11.1 Å². The molecule has 114 valence electrons. The molecule has 0 radical (unpaired) electrons. The highest BCUT2D eigenvalue weighted by Gasteiger charge is 2.27. The number of aliphatic carboxylic acids is 1. The second-order valence-corrected chi connectivity index (χ2v) is 5.12. The van der Waals surface area contributed by atoms with E-state index >= 15 is 0 Å². The third-order valence-electron chi connectivity index (χ3n) is 3.52. The molecule has 1 aliphatic heterocycles. The molecule has 0 aromatic rings. The summed E-state index contributed by atoms with van der Waals surface area (Å²) < 4.78 is 0. The first-order valence-electron chi connectivity index (χ1n) is 6.58. The molecule has 1 unspecified atom stereocenters. The Morgan fingerprint density at radius 1 is 1.40 bits per heavy atom. The number of carboxylic acids is 1. The van der Waals surface area contributed by atoms with Crippen molar-refractivity contribution in [2.24, 2.45) is 5.73 Å². The number of hydrogen-bond acceptors (Lipinski definition) is 4. The van der Waals surface area contributed by atoms with Gasteiger partial charge in [-0.3, -0.25) is 4.79 Å². The fourth-order valence-corrected chi connectivity index (χ4v) is 2.02. The lowest BCUT2D eigenvalue weighted by atomic mass is 10.1. The van der Waals surface area contributed by atoms with Crippen LogP contribution in [-0.2, 0) is 9.59 Å². The predicted molar refractivity (Wildman–Crippen MR) is 72.0 cm³/mol. The number of carbonyl (C=O) groups excluding carboxylic acids is 2. The first-order valence-corrected chi connectivity index (χ1v) is 6.58. The van der Waals surface area contributed by atoms with Crippen molar-refractivity contribution in [3.8, 4) is 0 Å². The van der Waals surface area contributed by atoms with Crippen molar-refractivity contribution in [3.63, 3.8) is 0 Å². The summed E-state index contributed by atoms with van der Waals surface area (Å²) in [5, 5.41) is 11.5. The molecule has 2 atom stereocenters. The first kappa shape index (κ1) is 16.2. The van der Waals surface area contributed by atoms with Crippen LogP contribution in [0.2, 0.25) is 0 Å². The van der Waals surface area contributed by atoms with E-state index in [4.69, 9.17) is 10.8 Å². The summed E-state index contributed by atoms with van der Waals surface area (Å²) in [6.07, 6.45) is -0.0733. The Kier molecular flexibility index (Phi) is 5.75. The number of nitrogens with two attached hydrogens (primary N) is 1. The van der Waals surface area contributed by atoms with E-state index < -0.39 is 23.9 Å².